The fourth-order valence-corrected chi connectivity index (χ4v) is 2.19. The van der Waals surface area contributed by atoms with E-state index in [-0.39, 0.29) is 5.91 Å². The topological polar surface area (TPSA) is 64.3 Å². The highest BCUT2D eigenvalue weighted by Crippen LogP contribution is 2.14. The van der Waals surface area contributed by atoms with Gasteiger partial charge in [0.2, 0.25) is 5.91 Å². The molecule has 0 radical (unpaired) electrons. The third-order valence-corrected chi connectivity index (χ3v) is 3.26. The summed E-state index contributed by atoms with van der Waals surface area (Å²) in [6.07, 6.45) is 1.38. The third-order valence-electron chi connectivity index (χ3n) is 2.26. The zero-order valence-corrected chi connectivity index (χ0v) is 12.0. The van der Waals surface area contributed by atoms with E-state index < -0.39 is 0 Å². The second-order valence-electron chi connectivity index (χ2n) is 3.91. The van der Waals surface area contributed by atoms with Crippen molar-refractivity contribution in [1.29, 1.82) is 0 Å². The van der Waals surface area contributed by atoms with E-state index in [9.17, 15) is 4.79 Å². The van der Waals surface area contributed by atoms with Gasteiger partial charge in [0.25, 0.3) is 0 Å². The van der Waals surface area contributed by atoms with E-state index in [1.165, 1.54) is 0 Å². The minimum atomic E-state index is 0.0131. The predicted octanol–water partition coefficient (Wildman–Crippen LogP) is 1.49. The molecule has 0 aromatic carbocycles. The van der Waals surface area contributed by atoms with Gasteiger partial charge in [-0.15, -0.1) is 11.3 Å². The summed E-state index contributed by atoms with van der Waals surface area (Å²) < 4.78 is 5.27. The van der Waals surface area contributed by atoms with Gasteiger partial charge in [-0.2, -0.15) is 0 Å². The van der Waals surface area contributed by atoms with Crippen LogP contribution in [-0.4, -0.2) is 25.7 Å². The number of rotatable bonds is 7. The molecule has 0 saturated carbocycles. The molecule has 0 aliphatic rings. The van der Waals surface area contributed by atoms with Crippen LogP contribution >= 0.6 is 11.3 Å². The zero-order valence-electron chi connectivity index (χ0n) is 11.2. The van der Waals surface area contributed by atoms with Gasteiger partial charge in [-0.1, -0.05) is 18.8 Å². The zero-order chi connectivity index (χ0) is 13.9. The monoisotopic (exact) mass is 280 g/mol. The minimum Gasteiger partial charge on any atom is -0.381 e. The fourth-order valence-electron chi connectivity index (χ4n) is 1.36. The van der Waals surface area contributed by atoms with Crippen LogP contribution in [0.1, 0.15) is 29.5 Å². The lowest BCUT2D eigenvalue weighted by molar-refractivity contribution is -0.122. The molecule has 0 bridgehead atoms. The Morgan fingerprint density at radius 2 is 2.32 bits per heavy atom. The molecule has 0 fully saturated rings. The van der Waals surface area contributed by atoms with Gasteiger partial charge in [0, 0.05) is 17.9 Å². The van der Waals surface area contributed by atoms with Crippen molar-refractivity contribution in [2.24, 2.45) is 5.73 Å². The van der Waals surface area contributed by atoms with E-state index in [1.54, 1.807) is 11.3 Å². The first-order valence-corrected chi connectivity index (χ1v) is 7.20. The molecule has 104 valence electrons. The molecule has 4 nitrogen and oxygen atoms in total. The number of hydrogen-bond acceptors (Lipinski definition) is 4. The molecular formula is C14H20N2O2S. The maximum absolute atomic E-state index is 11.5. The largest absolute Gasteiger partial charge is 0.381 e. The predicted molar refractivity (Wildman–Crippen MR) is 77.8 cm³/mol. The van der Waals surface area contributed by atoms with Crippen LogP contribution in [0.4, 0.5) is 0 Å². The lowest BCUT2D eigenvalue weighted by Crippen LogP contribution is -2.23. The summed E-state index contributed by atoms with van der Waals surface area (Å²) in [6, 6.07) is 3.91. The van der Waals surface area contributed by atoms with E-state index >= 15 is 0 Å². The number of nitrogens with one attached hydrogen (secondary N) is 1. The summed E-state index contributed by atoms with van der Waals surface area (Å²) in [5.74, 6) is 5.79. The smallest absolute Gasteiger partial charge is 0.222 e. The number of amides is 1. The van der Waals surface area contributed by atoms with E-state index in [4.69, 9.17) is 10.5 Å². The van der Waals surface area contributed by atoms with Crippen LogP contribution < -0.4 is 11.1 Å². The van der Waals surface area contributed by atoms with Crippen molar-refractivity contribution >= 4 is 17.2 Å². The van der Waals surface area contributed by atoms with E-state index in [2.05, 4.69) is 17.2 Å². The Labute approximate surface area is 118 Å². The highest BCUT2D eigenvalue weighted by atomic mass is 32.1. The Balaban J connectivity index is 2.24. The van der Waals surface area contributed by atoms with E-state index in [0.29, 0.717) is 32.7 Å². The summed E-state index contributed by atoms with van der Waals surface area (Å²) in [7, 11) is 0. The maximum atomic E-state index is 11.5. The Bertz CT molecular complexity index is 446. The first kappa shape index (κ1) is 15.7. The van der Waals surface area contributed by atoms with Crippen LogP contribution in [0.5, 0.6) is 0 Å². The second-order valence-corrected chi connectivity index (χ2v) is 5.08. The van der Waals surface area contributed by atoms with Crippen molar-refractivity contribution < 1.29 is 9.53 Å². The van der Waals surface area contributed by atoms with Crippen molar-refractivity contribution in [3.8, 4) is 11.8 Å². The van der Waals surface area contributed by atoms with Crippen LogP contribution in [0.15, 0.2) is 12.1 Å². The third kappa shape index (κ3) is 6.97. The van der Waals surface area contributed by atoms with Crippen LogP contribution in [-0.2, 0) is 16.1 Å². The molecule has 1 aromatic heterocycles. The Kier molecular flexibility index (Phi) is 7.91. The molecule has 1 amide bonds. The van der Waals surface area contributed by atoms with Gasteiger partial charge >= 0.3 is 0 Å². The molecule has 0 atom stereocenters. The quantitative estimate of drug-likeness (QED) is 0.587. The molecule has 19 heavy (non-hydrogen) atoms. The normalized spacial score (nSPS) is 9.79. The number of thiophene rings is 1. The average Bonchev–Trinajstić information content (AvgIpc) is 2.87. The molecule has 0 aliphatic heterocycles. The summed E-state index contributed by atoms with van der Waals surface area (Å²) >= 11 is 1.57. The first-order valence-electron chi connectivity index (χ1n) is 6.38. The molecule has 3 N–H and O–H groups in total. The highest BCUT2D eigenvalue weighted by Gasteiger charge is 2.03. The number of ether oxygens (including phenoxy) is 1. The molecule has 1 rings (SSSR count). The molecular weight excluding hydrogens is 260 g/mol. The SMILES string of the molecule is CCCOCCC(=O)NCc1ccc(C#CCN)s1. The lowest BCUT2D eigenvalue weighted by Gasteiger charge is -2.04. The average molecular weight is 280 g/mol. The number of carbonyl (C=O) groups excluding carboxylic acids is 1. The van der Waals surface area contributed by atoms with Gasteiger partial charge < -0.3 is 15.8 Å². The number of carbonyl (C=O) groups is 1. The standard InChI is InChI=1S/C14H20N2O2S/c1-2-9-18-10-7-14(17)16-11-13-6-5-12(19-13)4-3-8-15/h5-6H,2,7-11,15H2,1H3,(H,16,17). The lowest BCUT2D eigenvalue weighted by atomic mass is 10.4. The number of nitrogens with two attached hydrogens (primary N) is 1. The van der Waals surface area contributed by atoms with Crippen LogP contribution in [0.3, 0.4) is 0 Å². The van der Waals surface area contributed by atoms with Gasteiger partial charge in [0.15, 0.2) is 0 Å². The van der Waals surface area contributed by atoms with Gasteiger partial charge in [-0.3, -0.25) is 4.79 Å². The second kappa shape index (κ2) is 9.56. The Morgan fingerprint density at radius 1 is 1.47 bits per heavy atom. The molecule has 0 saturated heterocycles. The fraction of sp³-hybridized carbons (Fsp3) is 0.500. The molecule has 0 aliphatic carbocycles. The van der Waals surface area contributed by atoms with Crippen molar-refractivity contribution in [3.05, 3.63) is 21.9 Å². The molecule has 5 heteroatoms. The highest BCUT2D eigenvalue weighted by molar-refractivity contribution is 7.12. The van der Waals surface area contributed by atoms with Crippen molar-refractivity contribution in [3.63, 3.8) is 0 Å². The molecule has 1 aromatic rings. The van der Waals surface area contributed by atoms with Crippen LogP contribution in [0.25, 0.3) is 0 Å². The van der Waals surface area contributed by atoms with Gasteiger partial charge in [-0.05, 0) is 18.6 Å². The van der Waals surface area contributed by atoms with Crippen molar-refractivity contribution in [2.75, 3.05) is 19.8 Å². The summed E-state index contributed by atoms with van der Waals surface area (Å²) in [5, 5.41) is 2.86. The summed E-state index contributed by atoms with van der Waals surface area (Å²) in [5.41, 5.74) is 5.31. The van der Waals surface area contributed by atoms with Gasteiger partial charge in [0.1, 0.15) is 0 Å². The summed E-state index contributed by atoms with van der Waals surface area (Å²) in [6.45, 7) is 4.14. The molecule has 1 heterocycles. The first-order chi connectivity index (χ1) is 9.26. The van der Waals surface area contributed by atoms with E-state index in [1.807, 2.05) is 19.1 Å². The van der Waals surface area contributed by atoms with Crippen LogP contribution in [0.2, 0.25) is 0 Å². The summed E-state index contributed by atoms with van der Waals surface area (Å²) in [4.78, 5) is 13.6. The Morgan fingerprint density at radius 3 is 3.05 bits per heavy atom. The van der Waals surface area contributed by atoms with Crippen molar-refractivity contribution in [1.82, 2.24) is 5.32 Å². The van der Waals surface area contributed by atoms with E-state index in [0.717, 1.165) is 16.2 Å². The van der Waals surface area contributed by atoms with Gasteiger partial charge in [0.05, 0.1) is 24.6 Å². The molecule has 0 unspecified atom stereocenters. The van der Waals surface area contributed by atoms with Gasteiger partial charge in [-0.25, -0.2) is 0 Å². The maximum Gasteiger partial charge on any atom is 0.222 e. The Hall–Kier alpha value is -1.35. The minimum absolute atomic E-state index is 0.0131. The van der Waals surface area contributed by atoms with Crippen molar-refractivity contribution in [2.45, 2.75) is 26.3 Å². The molecule has 0 spiro atoms. The van der Waals surface area contributed by atoms with Crippen LogP contribution in [0, 0.1) is 11.8 Å². The number of hydrogen-bond donors (Lipinski definition) is 2.